The fraction of sp³-hybridized carbons (Fsp3) is 0.840. The zero-order chi connectivity index (χ0) is 62.1. The first-order valence-electron chi connectivity index (χ1n) is 36.6. The number of phosphoric ester groups is 1. The van der Waals surface area contributed by atoms with Gasteiger partial charge in [0, 0.05) is 12.8 Å². The zero-order valence-corrected chi connectivity index (χ0v) is 58.0. The summed E-state index contributed by atoms with van der Waals surface area (Å²) in [5.74, 6) is -0.493. The van der Waals surface area contributed by atoms with Crippen molar-refractivity contribution >= 4 is 19.7 Å². The first-order valence-corrected chi connectivity index (χ1v) is 38.1. The fourth-order valence-electron chi connectivity index (χ4n) is 10.8. The van der Waals surface area contributed by atoms with E-state index in [0.717, 1.165) is 70.6 Å². The van der Waals surface area contributed by atoms with Crippen molar-refractivity contribution in [3.05, 3.63) is 60.8 Å². The third-order valence-electron chi connectivity index (χ3n) is 16.4. The number of unbranched alkanes of at least 4 members (excludes halogenated alkanes) is 43. The highest BCUT2D eigenvalue weighted by molar-refractivity contribution is 7.47. The highest BCUT2D eigenvalue weighted by Crippen LogP contribution is 2.43. The van der Waals surface area contributed by atoms with Crippen LogP contribution in [0, 0.1) is 0 Å². The van der Waals surface area contributed by atoms with Crippen molar-refractivity contribution < 1.29 is 37.3 Å². The van der Waals surface area contributed by atoms with Crippen LogP contribution in [0.5, 0.6) is 0 Å². The van der Waals surface area contributed by atoms with E-state index in [4.69, 9.17) is 13.8 Å². The second-order valence-corrected chi connectivity index (χ2v) is 27.6. The van der Waals surface area contributed by atoms with Gasteiger partial charge in [-0.25, -0.2) is 4.57 Å². The summed E-state index contributed by atoms with van der Waals surface area (Å²) in [5, 5.41) is 3.07. The Hall–Kier alpha value is -2.29. The quantitative estimate of drug-likeness (QED) is 0.0205. The lowest BCUT2D eigenvalue weighted by atomic mass is 10.0. The number of allylic oxidation sites excluding steroid dienone is 9. The van der Waals surface area contributed by atoms with Gasteiger partial charge < -0.3 is 19.4 Å². The minimum absolute atomic E-state index is 0.0406. The van der Waals surface area contributed by atoms with Gasteiger partial charge in [-0.05, 0) is 96.0 Å². The van der Waals surface area contributed by atoms with Crippen molar-refractivity contribution in [2.45, 2.75) is 367 Å². The van der Waals surface area contributed by atoms with Gasteiger partial charge in [0.25, 0.3) is 0 Å². The van der Waals surface area contributed by atoms with Crippen molar-refractivity contribution in [2.75, 3.05) is 40.9 Å². The average Bonchev–Trinajstić information content (AvgIpc) is 3.59. The largest absolute Gasteiger partial charge is 0.472 e. The smallest absolute Gasteiger partial charge is 0.456 e. The molecular formula is C75H142N2O7P+. The molecule has 0 saturated heterocycles. The molecule has 2 N–H and O–H groups in total. The minimum atomic E-state index is -4.45. The molecule has 0 bridgehead atoms. The fourth-order valence-corrected chi connectivity index (χ4v) is 11.5. The SMILES string of the molecule is CCCCC/C=C\C/C=C\C/C=C\CCCCCCCCCCCCCCCCC(=O)OC(/C=C\CCCCCCCCCCC)C(COP(=O)(O)OCC[N+](C)(C)C)NC(=O)CCCCCCCCCCCCC/C=C/CCCCCCCC. The lowest BCUT2D eigenvalue weighted by Gasteiger charge is -2.27. The maximum atomic E-state index is 13.6. The molecule has 0 heterocycles. The standard InChI is InChI=1S/C75H141N2O7P/c1-7-10-13-16-19-22-25-27-29-31-33-35-36-37-38-39-40-42-44-46-48-50-53-56-59-62-65-68-75(79)84-73(66-63-60-57-54-51-24-21-18-15-12-9-3)72(71-83-85(80,81)82-70-69-77(4,5)6)76-74(78)67-64-61-58-55-52-49-47-45-43-41-34-32-30-28-26-23-20-17-14-11-8-2/h19,22,27-30,33,35,63,66,72-73H,7-18,20-21,23-26,31-32,34,36-62,64-65,67-71H2,1-6H3,(H-,76,78,80,81)/p+1/b22-19-,29-27-,30-28+,35-33-,66-63-. The van der Waals surface area contributed by atoms with Crippen molar-refractivity contribution in [2.24, 2.45) is 0 Å². The first kappa shape index (κ1) is 82.7. The highest BCUT2D eigenvalue weighted by atomic mass is 31.2. The Kier molecular flexibility index (Phi) is 62.9. The van der Waals surface area contributed by atoms with Crippen LogP contribution in [-0.4, -0.2) is 74.3 Å². The van der Waals surface area contributed by atoms with Crippen molar-refractivity contribution in [1.82, 2.24) is 5.32 Å². The van der Waals surface area contributed by atoms with Crippen molar-refractivity contribution in [3.63, 3.8) is 0 Å². The van der Waals surface area contributed by atoms with E-state index in [-0.39, 0.29) is 25.1 Å². The number of nitrogens with zero attached hydrogens (tertiary/aromatic N) is 1. The molecule has 0 aromatic heterocycles. The van der Waals surface area contributed by atoms with Gasteiger partial charge in [0.15, 0.2) is 0 Å². The van der Waals surface area contributed by atoms with Crippen LogP contribution >= 0.6 is 7.82 Å². The van der Waals surface area contributed by atoms with Crippen molar-refractivity contribution in [1.29, 1.82) is 0 Å². The van der Waals surface area contributed by atoms with E-state index in [1.54, 1.807) is 0 Å². The molecule has 0 saturated carbocycles. The molecule has 498 valence electrons. The topological polar surface area (TPSA) is 111 Å². The Morgan fingerprint density at radius 1 is 0.412 bits per heavy atom. The molecule has 0 spiro atoms. The summed E-state index contributed by atoms with van der Waals surface area (Å²) in [6, 6.07) is -0.849. The summed E-state index contributed by atoms with van der Waals surface area (Å²) in [4.78, 5) is 37.9. The van der Waals surface area contributed by atoms with Crippen LogP contribution in [-0.2, 0) is 27.9 Å². The van der Waals surface area contributed by atoms with Crippen LogP contribution in [0.15, 0.2) is 60.8 Å². The van der Waals surface area contributed by atoms with Gasteiger partial charge >= 0.3 is 13.8 Å². The van der Waals surface area contributed by atoms with Gasteiger partial charge in [0.2, 0.25) is 5.91 Å². The molecule has 0 aliphatic rings. The van der Waals surface area contributed by atoms with E-state index >= 15 is 0 Å². The highest BCUT2D eigenvalue weighted by Gasteiger charge is 2.30. The monoisotopic (exact) mass is 1210 g/mol. The molecule has 0 radical (unpaired) electrons. The first-order chi connectivity index (χ1) is 41.4. The van der Waals surface area contributed by atoms with Gasteiger partial charge in [-0.15, -0.1) is 0 Å². The summed E-state index contributed by atoms with van der Waals surface area (Å²) in [5.41, 5.74) is 0. The predicted octanol–water partition coefficient (Wildman–Crippen LogP) is 23.3. The van der Waals surface area contributed by atoms with Crippen LogP contribution in [0.1, 0.15) is 355 Å². The van der Waals surface area contributed by atoms with E-state index in [9.17, 15) is 19.0 Å². The summed E-state index contributed by atoms with van der Waals surface area (Å²) >= 11 is 0. The van der Waals surface area contributed by atoms with Crippen LogP contribution in [0.2, 0.25) is 0 Å². The lowest BCUT2D eigenvalue weighted by molar-refractivity contribution is -0.870. The number of carbonyl (C=O) groups excluding carboxylic acids is 2. The van der Waals surface area contributed by atoms with Crippen LogP contribution in [0.25, 0.3) is 0 Å². The predicted molar refractivity (Wildman–Crippen MR) is 369 cm³/mol. The number of carbonyl (C=O) groups is 2. The molecule has 85 heavy (non-hydrogen) atoms. The van der Waals surface area contributed by atoms with Gasteiger partial charge in [0.05, 0.1) is 33.8 Å². The van der Waals surface area contributed by atoms with Gasteiger partial charge in [-0.2, -0.15) is 0 Å². The molecule has 10 heteroatoms. The molecule has 3 unspecified atom stereocenters. The molecule has 0 rings (SSSR count). The molecule has 0 aliphatic heterocycles. The number of nitrogens with one attached hydrogen (secondary N) is 1. The number of hydrogen-bond donors (Lipinski definition) is 2. The summed E-state index contributed by atoms with van der Waals surface area (Å²) in [6.45, 7) is 7.02. The van der Waals surface area contributed by atoms with Gasteiger partial charge in [-0.3, -0.25) is 18.6 Å². The number of ether oxygens (including phenoxy) is 1. The van der Waals surface area contributed by atoms with E-state index in [2.05, 4.69) is 74.7 Å². The Balaban J connectivity index is 4.96. The molecule has 1 amide bonds. The molecule has 0 aromatic carbocycles. The van der Waals surface area contributed by atoms with Gasteiger partial charge in [0.1, 0.15) is 19.3 Å². The molecule has 9 nitrogen and oxygen atoms in total. The number of likely N-dealkylation sites (N-methyl/N-ethyl adjacent to an activating group) is 1. The second kappa shape index (κ2) is 64.7. The Bertz CT molecular complexity index is 1640. The molecular weight excluding hydrogens is 1070 g/mol. The van der Waals surface area contributed by atoms with Crippen LogP contribution in [0.4, 0.5) is 0 Å². The number of quaternary nitrogens is 1. The van der Waals surface area contributed by atoms with E-state index < -0.39 is 20.0 Å². The van der Waals surface area contributed by atoms with Crippen LogP contribution in [0.3, 0.4) is 0 Å². The van der Waals surface area contributed by atoms with Crippen molar-refractivity contribution in [3.8, 4) is 0 Å². The maximum absolute atomic E-state index is 13.6. The third-order valence-corrected chi connectivity index (χ3v) is 17.4. The summed E-state index contributed by atoms with van der Waals surface area (Å²) in [7, 11) is 1.51. The number of hydrogen-bond acceptors (Lipinski definition) is 6. The normalized spacial score (nSPS) is 13.8. The number of phosphoric acid groups is 1. The maximum Gasteiger partial charge on any atom is 0.472 e. The summed E-state index contributed by atoms with van der Waals surface area (Å²) in [6.07, 6.45) is 83.8. The number of amides is 1. The van der Waals surface area contributed by atoms with E-state index in [1.807, 2.05) is 33.3 Å². The lowest BCUT2D eigenvalue weighted by Crippen LogP contribution is -2.47. The molecule has 0 aliphatic carbocycles. The van der Waals surface area contributed by atoms with Crippen LogP contribution < -0.4 is 5.32 Å². The molecule has 3 atom stereocenters. The number of esters is 1. The molecule has 0 fully saturated rings. The molecule has 0 aromatic rings. The third kappa shape index (κ3) is 66.0. The Labute approximate surface area is 528 Å². The zero-order valence-electron chi connectivity index (χ0n) is 57.1. The van der Waals surface area contributed by atoms with Gasteiger partial charge in [-0.1, -0.05) is 307 Å². The Morgan fingerprint density at radius 2 is 0.718 bits per heavy atom. The second-order valence-electron chi connectivity index (χ2n) is 26.1. The average molecular weight is 1210 g/mol. The number of rotatable bonds is 67. The van der Waals surface area contributed by atoms with E-state index in [1.165, 1.54) is 250 Å². The Morgan fingerprint density at radius 3 is 1.11 bits per heavy atom. The van der Waals surface area contributed by atoms with E-state index in [0.29, 0.717) is 23.9 Å². The minimum Gasteiger partial charge on any atom is -0.456 e. The summed E-state index contributed by atoms with van der Waals surface area (Å²) < 4.78 is 30.8.